The van der Waals surface area contributed by atoms with Crippen molar-refractivity contribution in [1.82, 2.24) is 0 Å². The standard InChI is InChI=1S/C6H14.2C3H8.C2H6/c1-4-5-6(2)3;2*1-3-2;1-2/h6H,4-5H2,1-3H3;2*3H2,1-2H3;1-2H3. The van der Waals surface area contributed by atoms with Gasteiger partial charge in [0.15, 0.2) is 0 Å². The maximum atomic E-state index is 2.25. The molecule has 0 nitrogen and oxygen atoms in total. The summed E-state index contributed by atoms with van der Waals surface area (Å²) in [7, 11) is 0. The van der Waals surface area contributed by atoms with Gasteiger partial charge in [0, 0.05) is 0 Å². The van der Waals surface area contributed by atoms with Crippen LogP contribution >= 0.6 is 0 Å². The van der Waals surface area contributed by atoms with Crippen LogP contribution in [0, 0.1) is 5.92 Å². The zero-order chi connectivity index (χ0) is 12.4. The van der Waals surface area contributed by atoms with E-state index in [1.165, 1.54) is 25.7 Å². The lowest BCUT2D eigenvalue weighted by Gasteiger charge is -1.95. The van der Waals surface area contributed by atoms with Crippen LogP contribution in [0.4, 0.5) is 0 Å². The molecule has 0 N–H and O–H groups in total. The number of hydrogen-bond donors (Lipinski definition) is 0. The van der Waals surface area contributed by atoms with E-state index in [1.54, 1.807) is 0 Å². The molecule has 0 spiro atoms. The topological polar surface area (TPSA) is 0 Å². The van der Waals surface area contributed by atoms with Gasteiger partial charge in [-0.3, -0.25) is 0 Å². The summed E-state index contributed by atoms with van der Waals surface area (Å²) in [5.41, 5.74) is 0. The molecule has 0 fully saturated rings. The maximum absolute atomic E-state index is 2.25. The van der Waals surface area contributed by atoms with Crippen LogP contribution in [0.15, 0.2) is 0 Å². The Morgan fingerprint density at radius 3 is 0.929 bits per heavy atom. The van der Waals surface area contributed by atoms with Crippen molar-refractivity contribution in [3.05, 3.63) is 0 Å². The summed E-state index contributed by atoms with van der Waals surface area (Å²) in [4.78, 5) is 0. The van der Waals surface area contributed by atoms with Gasteiger partial charge in [-0.15, -0.1) is 0 Å². The van der Waals surface area contributed by atoms with Crippen molar-refractivity contribution in [3.63, 3.8) is 0 Å². The summed E-state index contributed by atoms with van der Waals surface area (Å²) in [5.74, 6) is 0.898. The van der Waals surface area contributed by atoms with Gasteiger partial charge >= 0.3 is 0 Å². The van der Waals surface area contributed by atoms with Gasteiger partial charge < -0.3 is 0 Å². The summed E-state index contributed by atoms with van der Waals surface area (Å²) < 4.78 is 0. The van der Waals surface area contributed by atoms with Crippen LogP contribution in [0.1, 0.15) is 88.0 Å². The molecule has 0 bridgehead atoms. The summed E-state index contributed by atoms with van der Waals surface area (Å²) in [6, 6.07) is 0. The molecule has 0 aliphatic rings. The molecule has 0 aliphatic carbocycles. The maximum Gasteiger partial charge on any atom is -0.0471 e. The molecule has 92 valence electrons. The van der Waals surface area contributed by atoms with Crippen LogP contribution in [0.5, 0.6) is 0 Å². The van der Waals surface area contributed by atoms with Crippen molar-refractivity contribution >= 4 is 0 Å². The Morgan fingerprint density at radius 2 is 0.929 bits per heavy atom. The lowest BCUT2D eigenvalue weighted by Crippen LogP contribution is -1.81. The first-order chi connectivity index (χ1) is 6.60. The Bertz CT molecular complexity index is 35.3. The van der Waals surface area contributed by atoms with Crippen molar-refractivity contribution < 1.29 is 0 Å². The minimum Gasteiger partial charge on any atom is -0.0683 e. The fourth-order valence-electron chi connectivity index (χ4n) is 0.577. The lowest BCUT2D eigenvalue weighted by molar-refractivity contribution is 0.576. The summed E-state index contributed by atoms with van der Waals surface area (Å²) >= 11 is 0. The monoisotopic (exact) mass is 204 g/mol. The van der Waals surface area contributed by atoms with Crippen LogP contribution in [0.3, 0.4) is 0 Å². The molecule has 0 heterocycles. The van der Waals surface area contributed by atoms with Gasteiger partial charge in [0.1, 0.15) is 0 Å². The molecule has 14 heavy (non-hydrogen) atoms. The zero-order valence-electron chi connectivity index (χ0n) is 12.4. The normalized spacial score (nSPS) is 7.29. The smallest absolute Gasteiger partial charge is 0.0471 e. The molecule has 0 atom stereocenters. The van der Waals surface area contributed by atoms with Crippen LogP contribution in [-0.2, 0) is 0 Å². The van der Waals surface area contributed by atoms with Crippen LogP contribution in [-0.4, -0.2) is 0 Å². The third kappa shape index (κ3) is 161. The fraction of sp³-hybridized carbons (Fsp3) is 1.00. The average molecular weight is 204 g/mol. The van der Waals surface area contributed by atoms with Crippen LogP contribution < -0.4 is 0 Å². The molecule has 0 saturated carbocycles. The van der Waals surface area contributed by atoms with Gasteiger partial charge in [-0.05, 0) is 5.92 Å². The van der Waals surface area contributed by atoms with Gasteiger partial charge in [-0.25, -0.2) is 0 Å². The second kappa shape index (κ2) is 38.2. The molecule has 0 heteroatoms. The minimum absolute atomic E-state index is 0.898. The van der Waals surface area contributed by atoms with E-state index in [0.29, 0.717) is 0 Å². The predicted octanol–water partition coefficient (Wildman–Crippen LogP) is 6.30. The molecule has 0 aromatic heterocycles. The second-order valence-electron chi connectivity index (χ2n) is 3.60. The Kier molecular flexibility index (Phi) is 64.6. The summed E-state index contributed by atoms with van der Waals surface area (Å²) in [6.07, 6.45) is 5.21. The Hall–Kier alpha value is 0. The average Bonchev–Trinajstić information content (AvgIpc) is 2.10. The third-order valence-electron chi connectivity index (χ3n) is 0.866. The Balaban J connectivity index is -0.0000000536. The number of rotatable bonds is 2. The van der Waals surface area contributed by atoms with Gasteiger partial charge in [0.05, 0.1) is 0 Å². The molecule has 0 aliphatic heterocycles. The molecule has 0 rings (SSSR count). The largest absolute Gasteiger partial charge is 0.0683 e. The van der Waals surface area contributed by atoms with Crippen molar-refractivity contribution in [2.75, 3.05) is 0 Å². The van der Waals surface area contributed by atoms with E-state index < -0.39 is 0 Å². The highest BCUT2D eigenvalue weighted by Crippen LogP contribution is 2.00. The van der Waals surface area contributed by atoms with Gasteiger partial charge in [-0.2, -0.15) is 0 Å². The molecule has 0 unspecified atom stereocenters. The number of hydrogen-bond acceptors (Lipinski definition) is 0. The fourth-order valence-corrected chi connectivity index (χ4v) is 0.577. The van der Waals surface area contributed by atoms with Gasteiger partial charge in [0.2, 0.25) is 0 Å². The first kappa shape index (κ1) is 23.7. The highest BCUT2D eigenvalue weighted by molar-refractivity contribution is 4.38. The van der Waals surface area contributed by atoms with E-state index in [1.807, 2.05) is 13.8 Å². The van der Waals surface area contributed by atoms with Crippen molar-refractivity contribution in [2.24, 2.45) is 5.92 Å². The molecule has 0 amide bonds. The van der Waals surface area contributed by atoms with E-state index in [4.69, 9.17) is 0 Å². The zero-order valence-corrected chi connectivity index (χ0v) is 12.4. The first-order valence-electron chi connectivity index (χ1n) is 6.60. The Labute approximate surface area is 94.5 Å². The molecular weight excluding hydrogens is 168 g/mol. The van der Waals surface area contributed by atoms with Gasteiger partial charge in [-0.1, -0.05) is 88.0 Å². The third-order valence-corrected chi connectivity index (χ3v) is 0.866. The van der Waals surface area contributed by atoms with Crippen LogP contribution in [0.2, 0.25) is 0 Å². The lowest BCUT2D eigenvalue weighted by atomic mass is 10.1. The highest BCUT2D eigenvalue weighted by atomic mass is 13.9. The van der Waals surface area contributed by atoms with Crippen molar-refractivity contribution in [2.45, 2.75) is 88.0 Å². The summed E-state index contributed by atoms with van der Waals surface area (Å²) in [5, 5.41) is 0. The van der Waals surface area contributed by atoms with E-state index in [2.05, 4.69) is 48.5 Å². The first-order valence-corrected chi connectivity index (χ1v) is 6.60. The summed E-state index contributed by atoms with van der Waals surface area (Å²) in [6.45, 7) is 19.2. The second-order valence-corrected chi connectivity index (χ2v) is 3.60. The molecule has 0 aromatic carbocycles. The van der Waals surface area contributed by atoms with Crippen molar-refractivity contribution in [3.8, 4) is 0 Å². The molecule has 0 saturated heterocycles. The molecule has 0 aromatic rings. The molecular formula is C14H36. The van der Waals surface area contributed by atoms with Crippen molar-refractivity contribution in [1.29, 1.82) is 0 Å². The van der Waals surface area contributed by atoms with E-state index >= 15 is 0 Å². The van der Waals surface area contributed by atoms with Gasteiger partial charge in [0.25, 0.3) is 0 Å². The van der Waals surface area contributed by atoms with E-state index in [0.717, 1.165) is 5.92 Å². The highest BCUT2D eigenvalue weighted by Gasteiger charge is 1.85. The predicted molar refractivity (Wildman–Crippen MR) is 73.0 cm³/mol. The molecule has 0 radical (unpaired) electrons. The van der Waals surface area contributed by atoms with Crippen LogP contribution in [0.25, 0.3) is 0 Å². The quantitative estimate of drug-likeness (QED) is 0.495. The minimum atomic E-state index is 0.898. The van der Waals surface area contributed by atoms with E-state index in [9.17, 15) is 0 Å². The van der Waals surface area contributed by atoms with E-state index in [-0.39, 0.29) is 0 Å². The Morgan fingerprint density at radius 1 is 0.714 bits per heavy atom. The SMILES string of the molecule is CC.CCC.CCC.CCCC(C)C.